The van der Waals surface area contributed by atoms with Crippen LogP contribution in [0.25, 0.3) is 10.4 Å². The molecule has 3 aromatic rings. The second-order valence-electron chi connectivity index (χ2n) is 8.33. The standard InChI is InChI=1S/C24H21Cl2N3O2S/c1-13-28-21(22(32-13)14-4-2-6-17(25)8-14)24(31)29-12-16-10-19(16)20(29)11-27-23(30)15-5-3-7-18(26)9-15/h2-9,16,19-20H,10-12H2,1H3,(H,27,30)/t16-,19?,20+/m0/s1. The zero-order chi connectivity index (χ0) is 22.4. The Balaban J connectivity index is 1.36. The Hall–Kier alpha value is -2.41. The van der Waals surface area contributed by atoms with Crippen LogP contribution in [0.15, 0.2) is 48.5 Å². The molecule has 5 nitrogen and oxygen atoms in total. The molecule has 1 saturated carbocycles. The predicted molar refractivity (Wildman–Crippen MR) is 128 cm³/mol. The number of carbonyl (C=O) groups is 2. The van der Waals surface area contributed by atoms with E-state index in [2.05, 4.69) is 10.3 Å². The highest BCUT2D eigenvalue weighted by Crippen LogP contribution is 2.50. The van der Waals surface area contributed by atoms with Gasteiger partial charge in [-0.3, -0.25) is 9.59 Å². The third-order valence-corrected chi connectivity index (χ3v) is 7.64. The normalized spacial score (nSPS) is 21.3. The van der Waals surface area contributed by atoms with Crippen molar-refractivity contribution in [1.29, 1.82) is 0 Å². The molecule has 3 atom stereocenters. The summed E-state index contributed by atoms with van der Waals surface area (Å²) in [7, 11) is 0. The lowest BCUT2D eigenvalue weighted by Gasteiger charge is -2.27. The van der Waals surface area contributed by atoms with E-state index in [0.717, 1.165) is 21.9 Å². The largest absolute Gasteiger partial charge is 0.350 e. The Labute approximate surface area is 200 Å². The number of carbonyl (C=O) groups excluding carboxylic acids is 2. The molecule has 164 valence electrons. The molecule has 0 radical (unpaired) electrons. The van der Waals surface area contributed by atoms with Gasteiger partial charge in [-0.25, -0.2) is 4.98 Å². The summed E-state index contributed by atoms with van der Waals surface area (Å²) >= 11 is 13.7. The highest BCUT2D eigenvalue weighted by atomic mass is 35.5. The number of nitrogens with one attached hydrogen (secondary N) is 1. The van der Waals surface area contributed by atoms with E-state index in [9.17, 15) is 9.59 Å². The van der Waals surface area contributed by atoms with Crippen LogP contribution in [0.1, 0.15) is 32.3 Å². The number of piperidine rings is 1. The lowest BCUT2D eigenvalue weighted by Crippen LogP contribution is -2.45. The number of hydrogen-bond acceptors (Lipinski definition) is 4. The molecule has 5 rings (SSSR count). The van der Waals surface area contributed by atoms with E-state index < -0.39 is 0 Å². The molecule has 2 aliphatic rings. The number of nitrogens with zero attached hydrogens (tertiary/aromatic N) is 2. The van der Waals surface area contributed by atoms with Crippen molar-refractivity contribution >= 4 is 46.4 Å². The Kier molecular flexibility index (Phi) is 5.70. The first kappa shape index (κ1) is 21.4. The van der Waals surface area contributed by atoms with Gasteiger partial charge in [-0.1, -0.05) is 41.4 Å². The first-order chi connectivity index (χ1) is 15.4. The highest BCUT2D eigenvalue weighted by Gasteiger charge is 2.54. The van der Waals surface area contributed by atoms with Crippen molar-refractivity contribution < 1.29 is 9.59 Å². The molecular formula is C24H21Cl2N3O2S. The van der Waals surface area contributed by atoms with Gasteiger partial charge in [-0.05, 0) is 61.1 Å². The summed E-state index contributed by atoms with van der Waals surface area (Å²) in [5, 5.41) is 4.97. The fourth-order valence-electron chi connectivity index (χ4n) is 4.53. The van der Waals surface area contributed by atoms with Gasteiger partial charge in [0.05, 0.1) is 15.9 Å². The number of aromatic nitrogens is 1. The average molecular weight is 486 g/mol. The van der Waals surface area contributed by atoms with E-state index in [1.807, 2.05) is 36.1 Å². The van der Waals surface area contributed by atoms with Gasteiger partial charge in [0.1, 0.15) is 5.69 Å². The number of fused-ring (bicyclic) bond motifs is 1. The minimum Gasteiger partial charge on any atom is -0.350 e. The van der Waals surface area contributed by atoms with Crippen LogP contribution in [0, 0.1) is 18.8 Å². The van der Waals surface area contributed by atoms with E-state index in [0.29, 0.717) is 46.2 Å². The minimum atomic E-state index is -0.187. The van der Waals surface area contributed by atoms with Crippen LogP contribution in [0.2, 0.25) is 10.0 Å². The monoisotopic (exact) mass is 485 g/mol. The highest BCUT2D eigenvalue weighted by molar-refractivity contribution is 7.15. The minimum absolute atomic E-state index is 0.0372. The summed E-state index contributed by atoms with van der Waals surface area (Å²) in [6, 6.07) is 14.3. The summed E-state index contributed by atoms with van der Waals surface area (Å²) in [6.07, 6.45) is 1.10. The summed E-state index contributed by atoms with van der Waals surface area (Å²) < 4.78 is 0. The molecule has 2 amide bonds. The maximum Gasteiger partial charge on any atom is 0.274 e. The second-order valence-corrected chi connectivity index (χ2v) is 10.4. The van der Waals surface area contributed by atoms with E-state index in [-0.39, 0.29) is 17.9 Å². The summed E-state index contributed by atoms with van der Waals surface area (Å²) in [5.41, 5.74) is 1.86. The average Bonchev–Trinajstić information content (AvgIpc) is 3.28. The Bertz CT molecular complexity index is 1210. The molecule has 0 bridgehead atoms. The van der Waals surface area contributed by atoms with E-state index in [1.54, 1.807) is 24.3 Å². The van der Waals surface area contributed by atoms with Crippen molar-refractivity contribution in [2.75, 3.05) is 13.1 Å². The van der Waals surface area contributed by atoms with Gasteiger partial charge < -0.3 is 10.2 Å². The van der Waals surface area contributed by atoms with Gasteiger partial charge in [-0.2, -0.15) is 0 Å². The molecule has 1 N–H and O–H groups in total. The van der Waals surface area contributed by atoms with Gasteiger partial charge in [0.25, 0.3) is 11.8 Å². The van der Waals surface area contributed by atoms with Crippen molar-refractivity contribution in [2.45, 2.75) is 19.4 Å². The number of rotatable bonds is 5. The third-order valence-electron chi connectivity index (χ3n) is 6.15. The quantitative estimate of drug-likeness (QED) is 0.531. The van der Waals surface area contributed by atoms with Crippen LogP contribution in [-0.4, -0.2) is 40.8 Å². The number of hydrogen-bond donors (Lipinski definition) is 1. The van der Waals surface area contributed by atoms with Gasteiger partial charge >= 0.3 is 0 Å². The number of amides is 2. The molecule has 2 fully saturated rings. The fraction of sp³-hybridized carbons (Fsp3) is 0.292. The third kappa shape index (κ3) is 4.15. The zero-order valence-corrected chi connectivity index (χ0v) is 19.7. The Morgan fingerprint density at radius 1 is 1.16 bits per heavy atom. The van der Waals surface area contributed by atoms with Gasteiger partial charge in [0.2, 0.25) is 0 Å². The van der Waals surface area contributed by atoms with Crippen LogP contribution >= 0.6 is 34.5 Å². The molecular weight excluding hydrogens is 465 g/mol. The van der Waals surface area contributed by atoms with Gasteiger partial charge in [0, 0.05) is 28.7 Å². The molecule has 2 heterocycles. The smallest absolute Gasteiger partial charge is 0.274 e. The summed E-state index contributed by atoms with van der Waals surface area (Å²) in [5.74, 6) is 0.654. The fourth-order valence-corrected chi connectivity index (χ4v) is 5.82. The lowest BCUT2D eigenvalue weighted by molar-refractivity contribution is 0.0690. The molecule has 1 aliphatic carbocycles. The number of benzene rings is 2. The van der Waals surface area contributed by atoms with Crippen LogP contribution in [-0.2, 0) is 0 Å². The SMILES string of the molecule is Cc1nc(C(=O)N2C[C@@H]3CC3[C@H]2CNC(=O)c2cccc(Cl)c2)c(-c2cccc(Cl)c2)s1. The first-order valence-electron chi connectivity index (χ1n) is 10.5. The molecule has 1 saturated heterocycles. The van der Waals surface area contributed by atoms with E-state index in [4.69, 9.17) is 23.2 Å². The van der Waals surface area contributed by atoms with Crippen molar-refractivity contribution in [3.8, 4) is 10.4 Å². The number of halogens is 2. The van der Waals surface area contributed by atoms with E-state index in [1.165, 1.54) is 11.3 Å². The molecule has 2 aromatic carbocycles. The molecule has 1 aliphatic heterocycles. The van der Waals surface area contributed by atoms with E-state index >= 15 is 0 Å². The maximum absolute atomic E-state index is 13.6. The van der Waals surface area contributed by atoms with Crippen molar-refractivity contribution in [3.05, 3.63) is 74.8 Å². The zero-order valence-electron chi connectivity index (χ0n) is 17.3. The van der Waals surface area contributed by atoms with Crippen LogP contribution in [0.3, 0.4) is 0 Å². The van der Waals surface area contributed by atoms with Crippen molar-refractivity contribution in [3.63, 3.8) is 0 Å². The first-order valence-corrected chi connectivity index (χ1v) is 12.1. The number of thiazole rings is 1. The van der Waals surface area contributed by atoms with Crippen LogP contribution in [0.5, 0.6) is 0 Å². The number of likely N-dealkylation sites (tertiary alicyclic amines) is 1. The topological polar surface area (TPSA) is 62.3 Å². The van der Waals surface area contributed by atoms with Crippen LogP contribution in [0.4, 0.5) is 0 Å². The molecule has 1 unspecified atom stereocenters. The summed E-state index contributed by atoms with van der Waals surface area (Å²) in [6.45, 7) is 3.01. The Morgan fingerprint density at radius 3 is 2.66 bits per heavy atom. The van der Waals surface area contributed by atoms with Gasteiger partial charge in [-0.15, -0.1) is 11.3 Å². The van der Waals surface area contributed by atoms with Crippen molar-refractivity contribution in [1.82, 2.24) is 15.2 Å². The second kappa shape index (κ2) is 8.50. The Morgan fingerprint density at radius 2 is 1.91 bits per heavy atom. The molecule has 1 aromatic heterocycles. The number of aryl methyl sites for hydroxylation is 1. The van der Waals surface area contributed by atoms with Crippen LogP contribution < -0.4 is 5.32 Å². The maximum atomic E-state index is 13.6. The lowest BCUT2D eigenvalue weighted by atomic mass is 10.1. The molecule has 8 heteroatoms. The molecule has 32 heavy (non-hydrogen) atoms. The van der Waals surface area contributed by atoms with Gasteiger partial charge in [0.15, 0.2) is 0 Å². The van der Waals surface area contributed by atoms with Crippen molar-refractivity contribution in [2.24, 2.45) is 11.8 Å². The predicted octanol–water partition coefficient (Wildman–Crippen LogP) is 5.32. The summed E-state index contributed by atoms with van der Waals surface area (Å²) in [4.78, 5) is 33.5. The molecule has 0 spiro atoms.